The van der Waals surface area contributed by atoms with Gasteiger partial charge in [-0.15, -0.1) is 0 Å². The smallest absolute Gasteiger partial charge is 0.240 e. The van der Waals surface area contributed by atoms with Crippen LogP contribution in [0, 0.1) is 0 Å². The van der Waals surface area contributed by atoms with Gasteiger partial charge in [0.2, 0.25) is 10.0 Å². The third-order valence-electron chi connectivity index (χ3n) is 3.17. The van der Waals surface area contributed by atoms with Crippen molar-refractivity contribution in [2.24, 2.45) is 4.99 Å². The summed E-state index contributed by atoms with van der Waals surface area (Å²) in [5.74, 6) is 0.803. The molecule has 122 valence electrons. The van der Waals surface area contributed by atoms with Crippen LogP contribution in [0.25, 0.3) is 0 Å². The summed E-state index contributed by atoms with van der Waals surface area (Å²) in [6.07, 6.45) is 2.41. The van der Waals surface area contributed by atoms with Crippen molar-refractivity contribution in [1.29, 1.82) is 0 Å². The van der Waals surface area contributed by atoms with Gasteiger partial charge in [-0.05, 0) is 48.4 Å². The van der Waals surface area contributed by atoms with Crippen LogP contribution in [-0.4, -0.2) is 34.8 Å². The summed E-state index contributed by atoms with van der Waals surface area (Å²) >= 11 is 0. The molecule has 0 aromatic heterocycles. The van der Waals surface area contributed by atoms with Crippen LogP contribution in [0.2, 0.25) is 0 Å². The van der Waals surface area contributed by atoms with Crippen LogP contribution >= 0.6 is 0 Å². The molecule has 2 rings (SSSR count). The molecule has 0 aliphatic carbocycles. The normalized spacial score (nSPS) is 11.7. The van der Waals surface area contributed by atoms with Gasteiger partial charge in [0.1, 0.15) is 5.75 Å². The Morgan fingerprint density at radius 1 is 1.09 bits per heavy atom. The topological polar surface area (TPSA) is 67.8 Å². The highest BCUT2D eigenvalue weighted by Crippen LogP contribution is 2.10. The first-order chi connectivity index (χ1) is 11.1. The molecule has 1 N–H and O–H groups in total. The summed E-state index contributed by atoms with van der Waals surface area (Å²) in [5, 5.41) is 0. The molecule has 5 nitrogen and oxygen atoms in total. The maximum Gasteiger partial charge on any atom is 0.240 e. The Kier molecular flexibility index (Phi) is 6.31. The highest BCUT2D eigenvalue weighted by atomic mass is 32.2. The number of nitrogens with zero attached hydrogens (tertiary/aromatic N) is 1. The highest BCUT2D eigenvalue weighted by Gasteiger charge is 2.11. The molecule has 2 aromatic carbocycles. The number of nitrogens with one attached hydrogen (secondary N) is 1. The van der Waals surface area contributed by atoms with E-state index in [1.807, 2.05) is 24.3 Å². The van der Waals surface area contributed by atoms with E-state index in [0.717, 1.165) is 11.3 Å². The van der Waals surface area contributed by atoms with E-state index in [4.69, 9.17) is 4.74 Å². The lowest BCUT2D eigenvalue weighted by atomic mass is 10.2. The summed E-state index contributed by atoms with van der Waals surface area (Å²) in [6.45, 7) is 0.917. The van der Waals surface area contributed by atoms with Gasteiger partial charge in [-0.25, -0.2) is 13.1 Å². The van der Waals surface area contributed by atoms with Gasteiger partial charge in [0, 0.05) is 19.3 Å². The summed E-state index contributed by atoms with van der Waals surface area (Å²) in [6, 6.07) is 15.9. The number of sulfonamides is 1. The van der Waals surface area contributed by atoms with Crippen molar-refractivity contribution in [2.75, 3.05) is 20.2 Å². The predicted molar refractivity (Wildman–Crippen MR) is 91.7 cm³/mol. The second-order valence-corrected chi connectivity index (χ2v) is 6.64. The molecule has 0 unspecified atom stereocenters. The van der Waals surface area contributed by atoms with Gasteiger partial charge in [-0.1, -0.05) is 18.2 Å². The van der Waals surface area contributed by atoms with Crippen molar-refractivity contribution >= 4 is 16.2 Å². The summed E-state index contributed by atoms with van der Waals surface area (Å²) in [4.78, 5) is 4.57. The van der Waals surface area contributed by atoms with Crippen molar-refractivity contribution in [3.05, 3.63) is 60.2 Å². The molecule has 0 heterocycles. The van der Waals surface area contributed by atoms with E-state index in [2.05, 4.69) is 9.71 Å². The molecule has 23 heavy (non-hydrogen) atoms. The number of ether oxygens (including phenoxy) is 1. The Morgan fingerprint density at radius 2 is 1.78 bits per heavy atom. The van der Waals surface area contributed by atoms with Gasteiger partial charge in [-0.2, -0.15) is 0 Å². The summed E-state index contributed by atoms with van der Waals surface area (Å²) < 4.78 is 31.6. The lowest BCUT2D eigenvalue weighted by molar-refractivity contribution is 0.415. The Hall–Kier alpha value is -2.18. The quantitative estimate of drug-likeness (QED) is 0.596. The summed E-state index contributed by atoms with van der Waals surface area (Å²) in [7, 11) is -1.80. The standard InChI is InChI=1S/C17H20N2O3S/c1-22-16-10-8-15(9-11-16)14-18-12-5-13-19-23(20,21)17-6-3-2-4-7-17/h2-4,6-11,14,19H,5,12-13H2,1H3. The molecule has 0 spiro atoms. The Balaban J connectivity index is 1.74. The minimum Gasteiger partial charge on any atom is -0.497 e. The molecule has 2 aromatic rings. The third kappa shape index (κ3) is 5.50. The van der Waals surface area contributed by atoms with Gasteiger partial charge in [-0.3, -0.25) is 4.99 Å². The van der Waals surface area contributed by atoms with Crippen LogP contribution in [-0.2, 0) is 10.0 Å². The first-order valence-corrected chi connectivity index (χ1v) is 8.79. The van der Waals surface area contributed by atoms with E-state index in [1.54, 1.807) is 43.7 Å². The van der Waals surface area contributed by atoms with Crippen molar-refractivity contribution in [3.63, 3.8) is 0 Å². The Morgan fingerprint density at radius 3 is 2.43 bits per heavy atom. The number of hydrogen-bond donors (Lipinski definition) is 1. The second kappa shape index (κ2) is 8.45. The van der Waals surface area contributed by atoms with Gasteiger partial charge in [0.05, 0.1) is 12.0 Å². The minimum absolute atomic E-state index is 0.279. The molecular weight excluding hydrogens is 312 g/mol. The molecule has 0 saturated heterocycles. The molecule has 0 atom stereocenters. The van der Waals surface area contributed by atoms with Crippen LogP contribution in [0.5, 0.6) is 5.75 Å². The molecule has 0 amide bonds. The van der Waals surface area contributed by atoms with Gasteiger partial charge in [0.25, 0.3) is 0 Å². The van der Waals surface area contributed by atoms with E-state index >= 15 is 0 Å². The van der Waals surface area contributed by atoms with E-state index in [-0.39, 0.29) is 4.90 Å². The fourth-order valence-electron chi connectivity index (χ4n) is 1.92. The van der Waals surface area contributed by atoms with Crippen LogP contribution in [0.3, 0.4) is 0 Å². The zero-order chi connectivity index (χ0) is 16.5. The molecule has 0 saturated carbocycles. The fourth-order valence-corrected chi connectivity index (χ4v) is 3.01. The average molecular weight is 332 g/mol. The average Bonchev–Trinajstić information content (AvgIpc) is 2.59. The minimum atomic E-state index is -3.42. The SMILES string of the molecule is COc1ccc(C=NCCCNS(=O)(=O)c2ccccc2)cc1. The zero-order valence-electron chi connectivity index (χ0n) is 13.0. The molecule has 0 aliphatic heterocycles. The molecule has 6 heteroatoms. The Labute approximate surface area is 137 Å². The van der Waals surface area contributed by atoms with E-state index in [0.29, 0.717) is 19.5 Å². The third-order valence-corrected chi connectivity index (χ3v) is 4.64. The molecule has 0 fully saturated rings. The number of aliphatic imine (C=N–C) groups is 1. The van der Waals surface area contributed by atoms with E-state index in [1.165, 1.54) is 0 Å². The molecule has 0 aliphatic rings. The number of methoxy groups -OCH3 is 1. The fraction of sp³-hybridized carbons (Fsp3) is 0.235. The van der Waals surface area contributed by atoms with Crippen LogP contribution in [0.15, 0.2) is 64.5 Å². The highest BCUT2D eigenvalue weighted by molar-refractivity contribution is 7.89. The van der Waals surface area contributed by atoms with Gasteiger partial charge in [0.15, 0.2) is 0 Å². The van der Waals surface area contributed by atoms with Crippen molar-refractivity contribution in [2.45, 2.75) is 11.3 Å². The largest absolute Gasteiger partial charge is 0.497 e. The van der Waals surface area contributed by atoms with E-state index in [9.17, 15) is 8.42 Å². The first kappa shape index (κ1) is 17.2. The van der Waals surface area contributed by atoms with Crippen LogP contribution < -0.4 is 9.46 Å². The molecule has 0 radical (unpaired) electrons. The van der Waals surface area contributed by atoms with Gasteiger partial charge >= 0.3 is 0 Å². The number of benzene rings is 2. The van der Waals surface area contributed by atoms with Crippen molar-refractivity contribution in [1.82, 2.24) is 4.72 Å². The van der Waals surface area contributed by atoms with Crippen LogP contribution in [0.1, 0.15) is 12.0 Å². The first-order valence-electron chi connectivity index (χ1n) is 7.30. The predicted octanol–water partition coefficient (Wildman–Crippen LogP) is 2.48. The summed E-state index contributed by atoms with van der Waals surface area (Å²) in [5.41, 5.74) is 0.982. The lowest BCUT2D eigenvalue weighted by Crippen LogP contribution is -2.25. The lowest BCUT2D eigenvalue weighted by Gasteiger charge is -2.05. The van der Waals surface area contributed by atoms with E-state index < -0.39 is 10.0 Å². The number of hydrogen-bond acceptors (Lipinski definition) is 4. The maximum atomic E-state index is 12.0. The monoisotopic (exact) mass is 332 g/mol. The zero-order valence-corrected chi connectivity index (χ0v) is 13.8. The number of rotatable bonds is 8. The Bertz CT molecular complexity index is 726. The van der Waals surface area contributed by atoms with Gasteiger partial charge < -0.3 is 4.74 Å². The van der Waals surface area contributed by atoms with Crippen molar-refractivity contribution < 1.29 is 13.2 Å². The molecule has 0 bridgehead atoms. The second-order valence-electron chi connectivity index (χ2n) is 4.87. The molecular formula is C17H20N2O3S. The van der Waals surface area contributed by atoms with Crippen molar-refractivity contribution in [3.8, 4) is 5.75 Å². The van der Waals surface area contributed by atoms with Crippen LogP contribution in [0.4, 0.5) is 0 Å². The maximum absolute atomic E-state index is 12.0.